The summed E-state index contributed by atoms with van der Waals surface area (Å²) in [4.78, 5) is 7.05. The van der Waals surface area contributed by atoms with Gasteiger partial charge < -0.3 is 10.2 Å². The Morgan fingerprint density at radius 2 is 1.84 bits per heavy atom. The number of aromatic nitrogens is 1. The average molecular weight is 344 g/mol. The van der Waals surface area contributed by atoms with Crippen LogP contribution in [-0.2, 0) is 0 Å². The summed E-state index contributed by atoms with van der Waals surface area (Å²) in [6.45, 7) is 6.66. The quantitative estimate of drug-likeness (QED) is 0.671. The van der Waals surface area contributed by atoms with Crippen molar-refractivity contribution in [1.82, 2.24) is 4.98 Å². The normalized spacial score (nSPS) is 24.9. The van der Waals surface area contributed by atoms with E-state index in [1.807, 2.05) is 6.20 Å². The van der Waals surface area contributed by atoms with Crippen LogP contribution in [0.5, 0.6) is 0 Å². The monoisotopic (exact) mass is 343 g/mol. The number of rotatable bonds is 7. The van der Waals surface area contributed by atoms with Crippen molar-refractivity contribution in [3.05, 3.63) is 18.3 Å². The second kappa shape index (κ2) is 9.45. The Labute approximate surface area is 154 Å². The number of hydrogen-bond acceptors (Lipinski definition) is 3. The Kier molecular flexibility index (Phi) is 7.01. The molecule has 2 fully saturated rings. The molecule has 2 atom stereocenters. The van der Waals surface area contributed by atoms with E-state index in [0.29, 0.717) is 6.04 Å². The minimum Gasteiger partial charge on any atom is -0.372 e. The first-order valence-electron chi connectivity index (χ1n) is 10.8. The molecule has 3 heteroatoms. The highest BCUT2D eigenvalue weighted by atomic mass is 15.1. The fraction of sp³-hybridized carbons (Fsp3) is 0.773. The molecule has 140 valence electrons. The van der Waals surface area contributed by atoms with Gasteiger partial charge in [0.05, 0.1) is 0 Å². The van der Waals surface area contributed by atoms with E-state index in [0.717, 1.165) is 30.7 Å². The van der Waals surface area contributed by atoms with Crippen molar-refractivity contribution < 1.29 is 0 Å². The van der Waals surface area contributed by atoms with Crippen LogP contribution in [0.2, 0.25) is 0 Å². The fourth-order valence-corrected chi connectivity index (χ4v) is 5.04. The molecule has 0 aliphatic heterocycles. The molecule has 0 bridgehead atoms. The van der Waals surface area contributed by atoms with Gasteiger partial charge in [-0.25, -0.2) is 4.98 Å². The van der Waals surface area contributed by atoms with E-state index in [-0.39, 0.29) is 0 Å². The van der Waals surface area contributed by atoms with Crippen LogP contribution in [0.25, 0.3) is 0 Å². The lowest BCUT2D eigenvalue weighted by molar-refractivity contribution is 0.188. The van der Waals surface area contributed by atoms with Gasteiger partial charge in [0.2, 0.25) is 0 Å². The van der Waals surface area contributed by atoms with Gasteiger partial charge in [0.25, 0.3) is 0 Å². The lowest BCUT2D eigenvalue weighted by atomic mass is 9.72. The molecule has 1 N–H and O–H groups in total. The average Bonchev–Trinajstić information content (AvgIpc) is 2.67. The molecule has 2 saturated carbocycles. The van der Waals surface area contributed by atoms with Gasteiger partial charge in [-0.05, 0) is 44.1 Å². The minimum absolute atomic E-state index is 0.615. The molecule has 2 aliphatic carbocycles. The van der Waals surface area contributed by atoms with Crippen LogP contribution >= 0.6 is 0 Å². The Balaban J connectivity index is 1.59. The van der Waals surface area contributed by atoms with Gasteiger partial charge in [-0.2, -0.15) is 0 Å². The highest BCUT2D eigenvalue weighted by molar-refractivity contribution is 5.54. The van der Waals surface area contributed by atoms with Gasteiger partial charge in [-0.1, -0.05) is 51.9 Å². The summed E-state index contributed by atoms with van der Waals surface area (Å²) in [5.74, 6) is 3.01. The topological polar surface area (TPSA) is 28.2 Å². The van der Waals surface area contributed by atoms with Crippen molar-refractivity contribution in [2.45, 2.75) is 84.1 Å². The van der Waals surface area contributed by atoms with E-state index in [1.54, 1.807) is 0 Å². The third kappa shape index (κ3) is 5.12. The molecular weight excluding hydrogens is 306 g/mol. The second-order valence-electron chi connectivity index (χ2n) is 8.14. The van der Waals surface area contributed by atoms with E-state index in [1.165, 1.54) is 69.9 Å². The fourth-order valence-electron chi connectivity index (χ4n) is 5.04. The first-order chi connectivity index (χ1) is 12.3. The standard InChI is InChI=1S/C22H37N3/c1-3-15-25(4-2)21-13-14-23-22(17-21)24-20-12-8-11-19(16-20)18-9-6-5-7-10-18/h13-14,17-20H,3-12,15-16H2,1-2H3,(H,23,24). The molecule has 0 amide bonds. The smallest absolute Gasteiger partial charge is 0.128 e. The number of nitrogens with zero attached hydrogens (tertiary/aromatic N) is 2. The maximum absolute atomic E-state index is 4.61. The zero-order valence-corrected chi connectivity index (χ0v) is 16.3. The van der Waals surface area contributed by atoms with Crippen molar-refractivity contribution in [2.75, 3.05) is 23.3 Å². The van der Waals surface area contributed by atoms with Gasteiger partial charge >= 0.3 is 0 Å². The number of hydrogen-bond donors (Lipinski definition) is 1. The van der Waals surface area contributed by atoms with Crippen molar-refractivity contribution in [3.63, 3.8) is 0 Å². The molecule has 0 radical (unpaired) electrons. The molecule has 25 heavy (non-hydrogen) atoms. The van der Waals surface area contributed by atoms with Crippen LogP contribution in [0.15, 0.2) is 18.3 Å². The SMILES string of the molecule is CCCN(CC)c1ccnc(NC2CCCC(C3CCCCC3)C2)c1. The molecule has 3 rings (SSSR count). The lowest BCUT2D eigenvalue weighted by Gasteiger charge is -2.37. The molecule has 1 heterocycles. The van der Waals surface area contributed by atoms with Gasteiger partial charge in [-0.3, -0.25) is 0 Å². The predicted molar refractivity (Wildman–Crippen MR) is 108 cm³/mol. The van der Waals surface area contributed by atoms with Crippen molar-refractivity contribution >= 4 is 11.5 Å². The van der Waals surface area contributed by atoms with E-state index >= 15 is 0 Å². The summed E-state index contributed by atoms with van der Waals surface area (Å²) in [6.07, 6.45) is 16.0. The van der Waals surface area contributed by atoms with Crippen LogP contribution in [0.1, 0.15) is 78.1 Å². The van der Waals surface area contributed by atoms with Crippen LogP contribution in [-0.4, -0.2) is 24.1 Å². The zero-order chi connectivity index (χ0) is 17.5. The molecule has 0 saturated heterocycles. The highest BCUT2D eigenvalue weighted by Gasteiger charge is 2.29. The number of anilines is 2. The van der Waals surface area contributed by atoms with Gasteiger partial charge in [0.1, 0.15) is 5.82 Å². The summed E-state index contributed by atoms with van der Waals surface area (Å²) in [6, 6.07) is 5.02. The molecule has 1 aromatic heterocycles. The molecule has 1 aromatic rings. The summed E-state index contributed by atoms with van der Waals surface area (Å²) in [7, 11) is 0. The van der Waals surface area contributed by atoms with Gasteiger partial charge in [0, 0.05) is 37.1 Å². The highest BCUT2D eigenvalue weighted by Crippen LogP contribution is 2.39. The summed E-state index contributed by atoms with van der Waals surface area (Å²) < 4.78 is 0. The van der Waals surface area contributed by atoms with E-state index in [2.05, 4.69) is 41.2 Å². The minimum atomic E-state index is 0.615. The molecule has 2 aliphatic rings. The molecule has 0 spiro atoms. The number of nitrogens with one attached hydrogen (secondary N) is 1. The third-order valence-corrected chi connectivity index (χ3v) is 6.37. The van der Waals surface area contributed by atoms with Crippen molar-refractivity contribution in [1.29, 1.82) is 0 Å². The first-order valence-corrected chi connectivity index (χ1v) is 10.8. The van der Waals surface area contributed by atoms with Gasteiger partial charge in [0.15, 0.2) is 0 Å². The Morgan fingerprint density at radius 1 is 1.04 bits per heavy atom. The summed E-state index contributed by atoms with van der Waals surface area (Å²) in [5, 5.41) is 3.77. The van der Waals surface area contributed by atoms with Crippen molar-refractivity contribution in [2.24, 2.45) is 11.8 Å². The first kappa shape index (κ1) is 18.5. The Bertz CT molecular complexity index is 510. The van der Waals surface area contributed by atoms with Crippen LogP contribution < -0.4 is 10.2 Å². The van der Waals surface area contributed by atoms with Crippen LogP contribution in [0.4, 0.5) is 11.5 Å². The predicted octanol–water partition coefficient (Wildman–Crippen LogP) is 5.87. The largest absolute Gasteiger partial charge is 0.372 e. The maximum Gasteiger partial charge on any atom is 0.128 e. The molecule has 2 unspecified atom stereocenters. The van der Waals surface area contributed by atoms with E-state index in [4.69, 9.17) is 0 Å². The lowest BCUT2D eigenvalue weighted by Crippen LogP contribution is -2.32. The summed E-state index contributed by atoms with van der Waals surface area (Å²) in [5.41, 5.74) is 1.31. The molecule has 3 nitrogen and oxygen atoms in total. The summed E-state index contributed by atoms with van der Waals surface area (Å²) >= 11 is 0. The second-order valence-corrected chi connectivity index (χ2v) is 8.14. The Hall–Kier alpha value is -1.25. The Morgan fingerprint density at radius 3 is 2.60 bits per heavy atom. The van der Waals surface area contributed by atoms with Crippen molar-refractivity contribution in [3.8, 4) is 0 Å². The maximum atomic E-state index is 4.61. The van der Waals surface area contributed by atoms with Crippen LogP contribution in [0.3, 0.4) is 0 Å². The zero-order valence-electron chi connectivity index (χ0n) is 16.3. The molecular formula is C22H37N3. The van der Waals surface area contributed by atoms with Gasteiger partial charge in [-0.15, -0.1) is 0 Å². The number of pyridine rings is 1. The van der Waals surface area contributed by atoms with E-state index in [9.17, 15) is 0 Å². The molecule has 0 aromatic carbocycles. The van der Waals surface area contributed by atoms with Crippen LogP contribution in [0, 0.1) is 11.8 Å². The third-order valence-electron chi connectivity index (χ3n) is 6.37. The van der Waals surface area contributed by atoms with E-state index < -0.39 is 0 Å².